The van der Waals surface area contributed by atoms with E-state index < -0.39 is 6.10 Å². The van der Waals surface area contributed by atoms with Crippen molar-refractivity contribution in [1.82, 2.24) is 5.32 Å². The zero-order valence-electron chi connectivity index (χ0n) is 10.9. The molecule has 1 aliphatic rings. The minimum Gasteiger partial charge on any atom is -0.387 e. The molecule has 106 valence electrons. The van der Waals surface area contributed by atoms with Gasteiger partial charge in [0.1, 0.15) is 0 Å². The third-order valence-corrected chi connectivity index (χ3v) is 4.17. The van der Waals surface area contributed by atoms with Crippen LogP contribution in [0.2, 0.25) is 10.0 Å². The number of aliphatic hydroxyl groups is 1. The Balaban J connectivity index is 1.83. The van der Waals surface area contributed by atoms with Crippen LogP contribution in [-0.2, 0) is 4.74 Å². The average molecular weight is 304 g/mol. The van der Waals surface area contributed by atoms with Crippen LogP contribution in [0.1, 0.15) is 25.0 Å². The number of nitrogens with one attached hydrogen (secondary N) is 1. The van der Waals surface area contributed by atoms with E-state index in [-0.39, 0.29) is 0 Å². The second kappa shape index (κ2) is 6.91. The van der Waals surface area contributed by atoms with Crippen LogP contribution in [0.5, 0.6) is 0 Å². The highest BCUT2D eigenvalue weighted by molar-refractivity contribution is 6.33. The first kappa shape index (κ1) is 15.1. The fourth-order valence-corrected chi connectivity index (χ4v) is 2.75. The number of hydrogen-bond acceptors (Lipinski definition) is 3. The van der Waals surface area contributed by atoms with E-state index in [1.807, 2.05) is 0 Å². The summed E-state index contributed by atoms with van der Waals surface area (Å²) in [6.07, 6.45) is 0.713. The Kier molecular flexibility index (Phi) is 5.48. The van der Waals surface area contributed by atoms with Gasteiger partial charge in [-0.05, 0) is 37.5 Å². The lowest BCUT2D eigenvalue weighted by molar-refractivity contribution is 0.103. The van der Waals surface area contributed by atoms with Crippen LogP contribution >= 0.6 is 23.2 Å². The fraction of sp³-hybridized carbons (Fsp3) is 0.571. The standard InChI is InChI=1S/C14H19Cl2NO2/c1-9-10(4-5-19-9)7-17-8-14(18)12-6-11(15)2-3-13(12)16/h2-3,6,9-10,14,17-18H,4-5,7-8H2,1H3. The summed E-state index contributed by atoms with van der Waals surface area (Å²) in [6, 6.07) is 5.12. The monoisotopic (exact) mass is 303 g/mol. The first-order valence-corrected chi connectivity index (χ1v) is 7.29. The maximum atomic E-state index is 10.1. The Morgan fingerprint density at radius 2 is 2.26 bits per heavy atom. The number of hydrogen-bond donors (Lipinski definition) is 2. The van der Waals surface area contributed by atoms with Gasteiger partial charge < -0.3 is 15.2 Å². The van der Waals surface area contributed by atoms with E-state index in [0.717, 1.165) is 19.6 Å². The van der Waals surface area contributed by atoms with Gasteiger partial charge in [-0.2, -0.15) is 0 Å². The minimum absolute atomic E-state index is 0.291. The average Bonchev–Trinajstić information content (AvgIpc) is 2.78. The van der Waals surface area contributed by atoms with Crippen molar-refractivity contribution >= 4 is 23.2 Å². The third-order valence-electron chi connectivity index (χ3n) is 3.59. The van der Waals surface area contributed by atoms with Gasteiger partial charge in [0.25, 0.3) is 0 Å². The van der Waals surface area contributed by atoms with E-state index in [2.05, 4.69) is 12.2 Å². The number of halogens is 2. The van der Waals surface area contributed by atoms with Gasteiger partial charge in [0.05, 0.1) is 12.2 Å². The topological polar surface area (TPSA) is 41.5 Å². The zero-order chi connectivity index (χ0) is 13.8. The molecule has 0 aromatic heterocycles. The summed E-state index contributed by atoms with van der Waals surface area (Å²) in [7, 11) is 0. The number of rotatable bonds is 5. The fourth-order valence-electron chi connectivity index (χ4n) is 2.33. The second-order valence-corrected chi connectivity index (χ2v) is 5.81. The van der Waals surface area contributed by atoms with Gasteiger partial charge in [-0.15, -0.1) is 0 Å². The van der Waals surface area contributed by atoms with E-state index in [0.29, 0.717) is 34.2 Å². The Hall–Kier alpha value is -0.320. The molecule has 0 bridgehead atoms. The van der Waals surface area contributed by atoms with Gasteiger partial charge in [-0.3, -0.25) is 0 Å². The summed E-state index contributed by atoms with van der Waals surface area (Å²) < 4.78 is 5.50. The molecule has 0 aliphatic carbocycles. The second-order valence-electron chi connectivity index (χ2n) is 4.96. The zero-order valence-corrected chi connectivity index (χ0v) is 12.4. The van der Waals surface area contributed by atoms with Crippen LogP contribution in [0, 0.1) is 5.92 Å². The highest BCUT2D eigenvalue weighted by Crippen LogP contribution is 2.26. The number of benzene rings is 1. The lowest BCUT2D eigenvalue weighted by atomic mass is 10.0. The number of aliphatic hydroxyl groups excluding tert-OH is 1. The molecule has 1 aromatic carbocycles. The molecule has 1 aliphatic heterocycles. The highest BCUT2D eigenvalue weighted by Gasteiger charge is 2.24. The molecule has 1 saturated heterocycles. The predicted molar refractivity (Wildman–Crippen MR) is 77.8 cm³/mol. The molecule has 3 nitrogen and oxygen atoms in total. The Morgan fingerprint density at radius 3 is 2.95 bits per heavy atom. The van der Waals surface area contributed by atoms with Crippen molar-refractivity contribution in [1.29, 1.82) is 0 Å². The molecular weight excluding hydrogens is 285 g/mol. The van der Waals surface area contributed by atoms with Crippen LogP contribution in [-0.4, -0.2) is 30.9 Å². The largest absolute Gasteiger partial charge is 0.387 e. The van der Waals surface area contributed by atoms with Crippen molar-refractivity contribution in [2.75, 3.05) is 19.7 Å². The van der Waals surface area contributed by atoms with Gasteiger partial charge in [-0.1, -0.05) is 23.2 Å². The Labute approximate surface area is 123 Å². The first-order chi connectivity index (χ1) is 9.08. The van der Waals surface area contributed by atoms with Gasteiger partial charge >= 0.3 is 0 Å². The van der Waals surface area contributed by atoms with E-state index >= 15 is 0 Å². The molecule has 1 fully saturated rings. The lowest BCUT2D eigenvalue weighted by Gasteiger charge is -2.18. The van der Waals surface area contributed by atoms with Gasteiger partial charge in [0.2, 0.25) is 0 Å². The maximum absolute atomic E-state index is 10.1. The van der Waals surface area contributed by atoms with E-state index in [9.17, 15) is 5.11 Å². The molecule has 5 heteroatoms. The molecule has 0 spiro atoms. The molecule has 2 rings (SSSR count). The van der Waals surface area contributed by atoms with E-state index in [1.165, 1.54) is 0 Å². The van der Waals surface area contributed by atoms with Gasteiger partial charge in [0, 0.05) is 35.3 Å². The molecule has 1 heterocycles. The van der Waals surface area contributed by atoms with Crippen LogP contribution in [0.15, 0.2) is 18.2 Å². The van der Waals surface area contributed by atoms with Crippen molar-refractivity contribution in [2.45, 2.75) is 25.6 Å². The number of ether oxygens (including phenoxy) is 1. The SMILES string of the molecule is CC1OCCC1CNCC(O)c1cc(Cl)ccc1Cl. The summed E-state index contributed by atoms with van der Waals surface area (Å²) in [5.74, 6) is 0.516. The molecule has 0 saturated carbocycles. The summed E-state index contributed by atoms with van der Waals surface area (Å²) in [4.78, 5) is 0. The Bertz CT molecular complexity index is 428. The first-order valence-electron chi connectivity index (χ1n) is 6.53. The van der Waals surface area contributed by atoms with Gasteiger partial charge in [0.15, 0.2) is 0 Å². The molecule has 3 unspecified atom stereocenters. The quantitative estimate of drug-likeness (QED) is 0.878. The summed E-state index contributed by atoms with van der Waals surface area (Å²) in [5.41, 5.74) is 0.664. The molecule has 3 atom stereocenters. The molecule has 19 heavy (non-hydrogen) atoms. The van der Waals surface area contributed by atoms with Crippen LogP contribution in [0.4, 0.5) is 0 Å². The molecule has 0 radical (unpaired) electrons. The van der Waals surface area contributed by atoms with Crippen molar-refractivity contribution < 1.29 is 9.84 Å². The minimum atomic E-state index is -0.649. The van der Waals surface area contributed by atoms with Crippen molar-refractivity contribution in [3.05, 3.63) is 33.8 Å². The lowest BCUT2D eigenvalue weighted by Crippen LogP contribution is -2.30. The molecule has 0 amide bonds. The predicted octanol–water partition coefficient (Wildman–Crippen LogP) is 3.04. The van der Waals surface area contributed by atoms with E-state index in [4.69, 9.17) is 27.9 Å². The van der Waals surface area contributed by atoms with Crippen LogP contribution < -0.4 is 5.32 Å². The summed E-state index contributed by atoms with van der Waals surface area (Å²) >= 11 is 12.0. The molecule has 2 N–H and O–H groups in total. The van der Waals surface area contributed by atoms with Gasteiger partial charge in [-0.25, -0.2) is 0 Å². The maximum Gasteiger partial charge on any atom is 0.0929 e. The summed E-state index contributed by atoms with van der Waals surface area (Å²) in [5, 5.41) is 14.5. The smallest absolute Gasteiger partial charge is 0.0929 e. The third kappa shape index (κ3) is 4.07. The van der Waals surface area contributed by atoms with Crippen molar-refractivity contribution in [2.24, 2.45) is 5.92 Å². The Morgan fingerprint density at radius 1 is 1.47 bits per heavy atom. The van der Waals surface area contributed by atoms with E-state index in [1.54, 1.807) is 18.2 Å². The normalized spacial score (nSPS) is 24.6. The van der Waals surface area contributed by atoms with Crippen LogP contribution in [0.25, 0.3) is 0 Å². The molecule has 1 aromatic rings. The van der Waals surface area contributed by atoms with Crippen molar-refractivity contribution in [3.63, 3.8) is 0 Å². The molecular formula is C14H19Cl2NO2. The summed E-state index contributed by atoms with van der Waals surface area (Å²) in [6.45, 7) is 4.22. The highest BCUT2D eigenvalue weighted by atomic mass is 35.5. The van der Waals surface area contributed by atoms with Crippen molar-refractivity contribution in [3.8, 4) is 0 Å². The van der Waals surface area contributed by atoms with Crippen LogP contribution in [0.3, 0.4) is 0 Å².